The molecule has 2 aliphatic carbocycles. The normalized spacial score (nSPS) is 39.1. The number of hydrogen-bond donors (Lipinski definition) is 2. The summed E-state index contributed by atoms with van der Waals surface area (Å²) in [5, 5.41) is 6.48. The van der Waals surface area contributed by atoms with Gasteiger partial charge < -0.3 is 10.1 Å². The van der Waals surface area contributed by atoms with Crippen molar-refractivity contribution >= 4 is 5.91 Å². The first-order chi connectivity index (χ1) is 8.63. The lowest BCUT2D eigenvalue weighted by atomic mass is 10.2. The summed E-state index contributed by atoms with van der Waals surface area (Å²) in [6.07, 6.45) is 6.34. The zero-order chi connectivity index (χ0) is 12.7. The molecule has 2 saturated carbocycles. The Morgan fingerprint density at radius 1 is 1.28 bits per heavy atom. The van der Waals surface area contributed by atoms with Crippen LogP contribution < -0.4 is 10.6 Å². The van der Waals surface area contributed by atoms with Crippen molar-refractivity contribution < 1.29 is 9.53 Å². The molecule has 2 N–H and O–H groups in total. The zero-order valence-corrected chi connectivity index (χ0v) is 11.3. The van der Waals surface area contributed by atoms with Crippen LogP contribution in [0.15, 0.2) is 0 Å². The second-order valence-corrected chi connectivity index (χ2v) is 6.33. The molecule has 4 atom stereocenters. The monoisotopic (exact) mass is 252 g/mol. The van der Waals surface area contributed by atoms with E-state index in [1.165, 1.54) is 12.8 Å². The number of ether oxygens (including phenoxy) is 1. The van der Waals surface area contributed by atoms with Gasteiger partial charge in [-0.3, -0.25) is 10.1 Å². The molecule has 1 heterocycles. The Morgan fingerprint density at radius 2 is 2.06 bits per heavy atom. The van der Waals surface area contributed by atoms with E-state index in [1.54, 1.807) is 0 Å². The summed E-state index contributed by atoms with van der Waals surface area (Å²) in [5.41, 5.74) is 0. The molecule has 3 aliphatic rings. The van der Waals surface area contributed by atoms with Crippen LogP contribution in [-0.2, 0) is 9.53 Å². The molecule has 102 valence electrons. The Balaban J connectivity index is 1.39. The van der Waals surface area contributed by atoms with E-state index in [-0.39, 0.29) is 18.1 Å². The summed E-state index contributed by atoms with van der Waals surface area (Å²) in [5.74, 6) is 0.989. The van der Waals surface area contributed by atoms with Gasteiger partial charge in [-0.1, -0.05) is 0 Å². The molecule has 0 spiro atoms. The predicted molar refractivity (Wildman–Crippen MR) is 69.2 cm³/mol. The van der Waals surface area contributed by atoms with Gasteiger partial charge in [-0.2, -0.15) is 0 Å². The Kier molecular flexibility index (Phi) is 3.32. The van der Waals surface area contributed by atoms with E-state index in [9.17, 15) is 4.79 Å². The van der Waals surface area contributed by atoms with E-state index >= 15 is 0 Å². The third-order valence-electron chi connectivity index (χ3n) is 4.23. The van der Waals surface area contributed by atoms with Crippen LogP contribution in [0.3, 0.4) is 0 Å². The molecule has 3 fully saturated rings. The Labute approximate surface area is 109 Å². The van der Waals surface area contributed by atoms with E-state index in [2.05, 4.69) is 24.5 Å². The number of nitrogens with one attached hydrogen (secondary N) is 2. The minimum Gasteiger partial charge on any atom is -0.375 e. The van der Waals surface area contributed by atoms with Crippen molar-refractivity contribution in [3.63, 3.8) is 0 Å². The van der Waals surface area contributed by atoms with Gasteiger partial charge in [0.2, 0.25) is 5.91 Å². The van der Waals surface area contributed by atoms with Gasteiger partial charge in [-0.15, -0.1) is 0 Å². The number of hydrogen-bond acceptors (Lipinski definition) is 3. The Morgan fingerprint density at radius 3 is 2.72 bits per heavy atom. The van der Waals surface area contributed by atoms with Crippen LogP contribution in [0.1, 0.15) is 46.0 Å². The molecule has 0 aromatic carbocycles. The van der Waals surface area contributed by atoms with Gasteiger partial charge in [-0.05, 0) is 51.9 Å². The molecule has 0 unspecified atom stereocenters. The predicted octanol–water partition coefficient (Wildman–Crippen LogP) is 1.20. The average Bonchev–Trinajstić information content (AvgIpc) is 3.17. The lowest BCUT2D eigenvalue weighted by molar-refractivity contribution is -0.121. The maximum absolute atomic E-state index is 12.0. The molecule has 1 aliphatic heterocycles. The largest absolute Gasteiger partial charge is 0.375 e. The second kappa shape index (κ2) is 4.82. The molecule has 4 heteroatoms. The van der Waals surface area contributed by atoms with E-state index < -0.39 is 0 Å². The summed E-state index contributed by atoms with van der Waals surface area (Å²) in [6, 6.07) is 0.903. The van der Waals surface area contributed by atoms with Crippen molar-refractivity contribution in [3.05, 3.63) is 0 Å². The van der Waals surface area contributed by atoms with Crippen molar-refractivity contribution in [1.29, 1.82) is 0 Å². The molecule has 0 aromatic heterocycles. The maximum Gasteiger partial charge on any atom is 0.238 e. The maximum atomic E-state index is 12.0. The highest BCUT2D eigenvalue weighted by Gasteiger charge is 2.51. The Hall–Kier alpha value is -0.610. The van der Waals surface area contributed by atoms with Gasteiger partial charge in [0.15, 0.2) is 0 Å². The van der Waals surface area contributed by atoms with E-state index in [4.69, 9.17) is 4.74 Å². The molecule has 4 nitrogen and oxygen atoms in total. The number of amides is 1. The smallest absolute Gasteiger partial charge is 0.238 e. The second-order valence-electron chi connectivity index (χ2n) is 6.33. The van der Waals surface area contributed by atoms with Gasteiger partial charge in [0.25, 0.3) is 0 Å². The molecule has 0 bridgehead atoms. The summed E-state index contributed by atoms with van der Waals surface area (Å²) in [7, 11) is 0. The molecule has 0 aromatic rings. The molecule has 1 amide bonds. The molecule has 0 radical (unpaired) electrons. The quantitative estimate of drug-likeness (QED) is 0.723. The topological polar surface area (TPSA) is 60.3 Å². The van der Waals surface area contributed by atoms with Gasteiger partial charge in [0, 0.05) is 12.1 Å². The van der Waals surface area contributed by atoms with E-state index in [0.717, 1.165) is 25.2 Å². The fraction of sp³-hybridized carbons (Fsp3) is 0.929. The SMILES string of the molecule is CC(C)O[C@@H]1CC[C@H](NC(=O)[C@@H]2N[C@H]2C2CC2)C1. The minimum atomic E-state index is 0.0996. The fourth-order valence-electron chi connectivity index (χ4n) is 3.12. The minimum absolute atomic E-state index is 0.0996. The molecular formula is C14H24N2O2. The molecule has 3 rings (SSSR count). The first-order valence-corrected chi connectivity index (χ1v) is 7.35. The number of rotatable bonds is 5. The molecular weight excluding hydrogens is 228 g/mol. The highest BCUT2D eigenvalue weighted by Crippen LogP contribution is 2.39. The van der Waals surface area contributed by atoms with Crippen molar-refractivity contribution in [2.45, 2.75) is 76.3 Å². The van der Waals surface area contributed by atoms with Crippen LogP contribution >= 0.6 is 0 Å². The van der Waals surface area contributed by atoms with Crippen LogP contribution in [0.4, 0.5) is 0 Å². The van der Waals surface area contributed by atoms with Crippen LogP contribution in [0.2, 0.25) is 0 Å². The fourth-order valence-corrected chi connectivity index (χ4v) is 3.12. The van der Waals surface area contributed by atoms with Crippen molar-refractivity contribution in [2.75, 3.05) is 0 Å². The third-order valence-corrected chi connectivity index (χ3v) is 4.23. The summed E-state index contributed by atoms with van der Waals surface area (Å²) >= 11 is 0. The summed E-state index contributed by atoms with van der Waals surface area (Å²) in [6.45, 7) is 4.14. The van der Waals surface area contributed by atoms with Crippen LogP contribution in [0.25, 0.3) is 0 Å². The van der Waals surface area contributed by atoms with Crippen LogP contribution in [-0.4, -0.2) is 36.2 Å². The van der Waals surface area contributed by atoms with Crippen molar-refractivity contribution in [1.82, 2.24) is 10.6 Å². The third kappa shape index (κ3) is 2.86. The number of carbonyl (C=O) groups is 1. The van der Waals surface area contributed by atoms with Crippen molar-refractivity contribution in [2.24, 2.45) is 5.92 Å². The summed E-state index contributed by atoms with van der Waals surface area (Å²) in [4.78, 5) is 12.0. The lowest BCUT2D eigenvalue weighted by Crippen LogP contribution is -2.37. The van der Waals surface area contributed by atoms with Gasteiger partial charge in [-0.25, -0.2) is 0 Å². The standard InChI is InChI=1S/C14H24N2O2/c1-8(2)18-11-6-5-10(7-11)15-14(17)13-12(16-13)9-3-4-9/h8-13,16H,3-7H2,1-2H3,(H,15,17)/t10-,11+,12-,13+/m0/s1. The average molecular weight is 252 g/mol. The van der Waals surface area contributed by atoms with Crippen LogP contribution in [0.5, 0.6) is 0 Å². The van der Waals surface area contributed by atoms with E-state index in [1.807, 2.05) is 0 Å². The first-order valence-electron chi connectivity index (χ1n) is 7.35. The van der Waals surface area contributed by atoms with Gasteiger partial charge in [0.05, 0.1) is 12.2 Å². The highest BCUT2D eigenvalue weighted by atomic mass is 16.5. The summed E-state index contributed by atoms with van der Waals surface area (Å²) < 4.78 is 5.80. The van der Waals surface area contributed by atoms with Gasteiger partial charge in [0.1, 0.15) is 6.04 Å². The highest BCUT2D eigenvalue weighted by molar-refractivity contribution is 5.86. The van der Waals surface area contributed by atoms with Crippen molar-refractivity contribution in [3.8, 4) is 0 Å². The molecule has 1 saturated heterocycles. The molecule has 18 heavy (non-hydrogen) atoms. The zero-order valence-electron chi connectivity index (χ0n) is 11.3. The Bertz CT molecular complexity index is 328. The lowest BCUT2D eigenvalue weighted by Gasteiger charge is -2.16. The first kappa shape index (κ1) is 12.4. The van der Waals surface area contributed by atoms with E-state index in [0.29, 0.717) is 18.2 Å². The van der Waals surface area contributed by atoms with Crippen LogP contribution in [0, 0.1) is 5.92 Å². The van der Waals surface area contributed by atoms with Gasteiger partial charge >= 0.3 is 0 Å². The number of carbonyl (C=O) groups excluding carboxylic acids is 1.